The van der Waals surface area contributed by atoms with Crippen LogP contribution in [-0.4, -0.2) is 30.4 Å². The van der Waals surface area contributed by atoms with Gasteiger partial charge in [0.1, 0.15) is 16.5 Å². The van der Waals surface area contributed by atoms with E-state index in [9.17, 15) is 9.90 Å². The van der Waals surface area contributed by atoms with Crippen molar-refractivity contribution in [1.29, 1.82) is 0 Å². The fourth-order valence-corrected chi connectivity index (χ4v) is 1.92. The van der Waals surface area contributed by atoms with Crippen LogP contribution in [0, 0.1) is 0 Å². The molecule has 1 rings (SSSR count). The number of ether oxygens (including phenoxy) is 2. The van der Waals surface area contributed by atoms with Crippen molar-refractivity contribution in [3.63, 3.8) is 0 Å². The molecule has 0 aliphatic rings. The number of hydrogen-bond donors (Lipinski definition) is 2. The highest BCUT2D eigenvalue weighted by Gasteiger charge is 2.19. The van der Waals surface area contributed by atoms with Gasteiger partial charge in [0, 0.05) is 12.0 Å². The van der Waals surface area contributed by atoms with Gasteiger partial charge < -0.3 is 19.7 Å². The standard InChI is InChI=1S/C12H15ClO5/c1-17-9-5-3-7(12(18-2)11(9)13)8(14)4-6-10(15)16/h3,5,8,14H,4,6H2,1-2H3,(H,15,16). The molecule has 0 radical (unpaired) electrons. The molecule has 0 aromatic heterocycles. The topological polar surface area (TPSA) is 76.0 Å². The highest BCUT2D eigenvalue weighted by Crippen LogP contribution is 2.40. The Kier molecular flexibility index (Phi) is 5.25. The van der Waals surface area contributed by atoms with E-state index in [0.29, 0.717) is 17.1 Å². The summed E-state index contributed by atoms with van der Waals surface area (Å²) in [5.41, 5.74) is 0.449. The monoisotopic (exact) mass is 274 g/mol. The minimum atomic E-state index is -0.965. The number of carboxylic acids is 1. The summed E-state index contributed by atoms with van der Waals surface area (Å²) in [5.74, 6) is -0.232. The highest BCUT2D eigenvalue weighted by atomic mass is 35.5. The van der Waals surface area contributed by atoms with Crippen molar-refractivity contribution in [2.45, 2.75) is 18.9 Å². The number of carbonyl (C=O) groups is 1. The van der Waals surface area contributed by atoms with Crippen LogP contribution in [0.1, 0.15) is 24.5 Å². The molecule has 1 unspecified atom stereocenters. The van der Waals surface area contributed by atoms with Crippen LogP contribution in [-0.2, 0) is 4.79 Å². The van der Waals surface area contributed by atoms with E-state index in [1.807, 2.05) is 0 Å². The predicted molar refractivity (Wildman–Crippen MR) is 66.4 cm³/mol. The maximum absolute atomic E-state index is 10.5. The molecule has 6 heteroatoms. The van der Waals surface area contributed by atoms with Crippen LogP contribution in [0.3, 0.4) is 0 Å². The van der Waals surface area contributed by atoms with Crippen molar-refractivity contribution in [1.82, 2.24) is 0 Å². The number of halogens is 1. The summed E-state index contributed by atoms with van der Waals surface area (Å²) in [6.07, 6.45) is -0.984. The molecule has 1 aromatic rings. The Morgan fingerprint density at radius 3 is 2.56 bits per heavy atom. The van der Waals surface area contributed by atoms with Gasteiger partial charge in [0.15, 0.2) is 0 Å². The molecule has 0 aliphatic carbocycles. The molecule has 0 spiro atoms. The summed E-state index contributed by atoms with van der Waals surface area (Å²) in [6, 6.07) is 3.21. The maximum Gasteiger partial charge on any atom is 0.303 e. The normalized spacial score (nSPS) is 12.0. The lowest BCUT2D eigenvalue weighted by atomic mass is 10.0. The molecule has 0 fully saturated rings. The Labute approximate surface area is 110 Å². The maximum atomic E-state index is 10.5. The van der Waals surface area contributed by atoms with Crippen LogP contribution in [0.25, 0.3) is 0 Å². The first-order valence-electron chi connectivity index (χ1n) is 5.31. The fraction of sp³-hybridized carbons (Fsp3) is 0.417. The minimum Gasteiger partial charge on any atom is -0.495 e. The Morgan fingerprint density at radius 2 is 2.06 bits per heavy atom. The lowest BCUT2D eigenvalue weighted by molar-refractivity contribution is -0.137. The van der Waals surface area contributed by atoms with Gasteiger partial charge in [-0.25, -0.2) is 0 Å². The fourth-order valence-electron chi connectivity index (χ4n) is 1.60. The summed E-state index contributed by atoms with van der Waals surface area (Å²) >= 11 is 6.04. The van der Waals surface area contributed by atoms with Gasteiger partial charge in [-0.2, -0.15) is 0 Å². The lowest BCUT2D eigenvalue weighted by Crippen LogP contribution is -2.05. The predicted octanol–water partition coefficient (Wildman–Crippen LogP) is 2.26. The number of aliphatic carboxylic acids is 1. The summed E-state index contributed by atoms with van der Waals surface area (Å²) in [7, 11) is 2.90. The molecule has 0 aliphatic heterocycles. The van der Waals surface area contributed by atoms with Gasteiger partial charge in [0.05, 0.1) is 20.3 Å². The zero-order valence-electron chi connectivity index (χ0n) is 10.1. The van der Waals surface area contributed by atoms with E-state index in [1.54, 1.807) is 12.1 Å². The number of benzene rings is 1. The smallest absolute Gasteiger partial charge is 0.303 e. The molecule has 0 bridgehead atoms. The van der Waals surface area contributed by atoms with Crippen LogP contribution in [0.4, 0.5) is 0 Å². The molecule has 18 heavy (non-hydrogen) atoms. The van der Waals surface area contributed by atoms with Crippen LogP contribution in [0.2, 0.25) is 5.02 Å². The largest absolute Gasteiger partial charge is 0.495 e. The molecule has 0 saturated carbocycles. The summed E-state index contributed by atoms with van der Waals surface area (Å²) in [6.45, 7) is 0. The Bertz CT molecular complexity index is 433. The molecule has 100 valence electrons. The Hall–Kier alpha value is -1.46. The number of aliphatic hydroxyl groups excluding tert-OH is 1. The van der Waals surface area contributed by atoms with Crippen molar-refractivity contribution >= 4 is 17.6 Å². The van der Waals surface area contributed by atoms with E-state index in [-0.39, 0.29) is 17.9 Å². The van der Waals surface area contributed by atoms with E-state index < -0.39 is 12.1 Å². The van der Waals surface area contributed by atoms with E-state index >= 15 is 0 Å². The van der Waals surface area contributed by atoms with Crippen LogP contribution in [0.5, 0.6) is 11.5 Å². The average Bonchev–Trinajstić information content (AvgIpc) is 2.35. The number of rotatable bonds is 6. The molecule has 1 aromatic carbocycles. The first-order valence-corrected chi connectivity index (χ1v) is 5.69. The Morgan fingerprint density at radius 1 is 1.39 bits per heavy atom. The first-order chi connectivity index (χ1) is 8.51. The van der Waals surface area contributed by atoms with Crippen LogP contribution < -0.4 is 9.47 Å². The van der Waals surface area contributed by atoms with Gasteiger partial charge in [0.25, 0.3) is 0 Å². The molecule has 0 amide bonds. The van der Waals surface area contributed by atoms with Crippen molar-refractivity contribution in [3.05, 3.63) is 22.7 Å². The highest BCUT2D eigenvalue weighted by molar-refractivity contribution is 6.33. The van der Waals surface area contributed by atoms with Gasteiger partial charge in [-0.05, 0) is 18.6 Å². The summed E-state index contributed by atoms with van der Waals surface area (Å²) < 4.78 is 10.2. The van der Waals surface area contributed by atoms with Crippen LogP contribution in [0.15, 0.2) is 12.1 Å². The molecule has 5 nitrogen and oxygen atoms in total. The molecular weight excluding hydrogens is 260 g/mol. The average molecular weight is 275 g/mol. The number of hydrogen-bond acceptors (Lipinski definition) is 4. The van der Waals surface area contributed by atoms with Crippen molar-refractivity contribution in [3.8, 4) is 11.5 Å². The van der Waals surface area contributed by atoms with Gasteiger partial charge >= 0.3 is 5.97 Å². The number of aliphatic hydroxyl groups is 1. The lowest BCUT2D eigenvalue weighted by Gasteiger charge is -2.16. The van der Waals surface area contributed by atoms with Gasteiger partial charge in [-0.3, -0.25) is 4.79 Å². The second kappa shape index (κ2) is 6.47. The summed E-state index contributed by atoms with van der Waals surface area (Å²) in [4.78, 5) is 10.5. The van der Waals surface area contributed by atoms with Crippen molar-refractivity contribution < 1.29 is 24.5 Å². The first kappa shape index (κ1) is 14.6. The number of methoxy groups -OCH3 is 2. The molecule has 1 atom stereocenters. The van der Waals surface area contributed by atoms with Crippen molar-refractivity contribution in [2.24, 2.45) is 0 Å². The Balaban J connectivity index is 3.01. The van der Waals surface area contributed by atoms with Gasteiger partial charge in [-0.1, -0.05) is 11.6 Å². The second-order valence-corrected chi connectivity index (χ2v) is 4.03. The molecule has 0 heterocycles. The zero-order valence-corrected chi connectivity index (χ0v) is 10.9. The SMILES string of the molecule is COc1ccc(C(O)CCC(=O)O)c(OC)c1Cl. The third kappa shape index (κ3) is 3.27. The number of carboxylic acid groups (broad SMARTS) is 1. The third-order valence-corrected chi connectivity index (χ3v) is 2.86. The van der Waals surface area contributed by atoms with Crippen LogP contribution >= 0.6 is 11.6 Å². The quantitative estimate of drug-likeness (QED) is 0.832. The third-order valence-electron chi connectivity index (χ3n) is 2.51. The van der Waals surface area contributed by atoms with E-state index in [2.05, 4.69) is 0 Å². The van der Waals surface area contributed by atoms with Crippen molar-refractivity contribution in [2.75, 3.05) is 14.2 Å². The molecular formula is C12H15ClO5. The summed E-state index contributed by atoms with van der Waals surface area (Å²) in [5, 5.41) is 18.8. The zero-order chi connectivity index (χ0) is 13.7. The van der Waals surface area contributed by atoms with E-state index in [4.69, 9.17) is 26.2 Å². The van der Waals surface area contributed by atoms with E-state index in [0.717, 1.165) is 0 Å². The van der Waals surface area contributed by atoms with Gasteiger partial charge in [0.2, 0.25) is 0 Å². The second-order valence-electron chi connectivity index (χ2n) is 3.65. The van der Waals surface area contributed by atoms with Gasteiger partial charge in [-0.15, -0.1) is 0 Å². The van der Waals surface area contributed by atoms with E-state index in [1.165, 1.54) is 14.2 Å². The molecule has 2 N–H and O–H groups in total. The minimum absolute atomic E-state index is 0.0916. The molecule has 0 saturated heterocycles.